The fourth-order valence-corrected chi connectivity index (χ4v) is 4.04. The Hall–Kier alpha value is -0.380. The van der Waals surface area contributed by atoms with Crippen molar-refractivity contribution >= 4 is 11.3 Å². The highest BCUT2D eigenvalue weighted by molar-refractivity contribution is 7.11. The summed E-state index contributed by atoms with van der Waals surface area (Å²) in [6.45, 7) is 11.5. The average molecular weight is 280 g/mol. The third-order valence-corrected chi connectivity index (χ3v) is 4.96. The van der Waals surface area contributed by atoms with Gasteiger partial charge in [-0.25, -0.2) is 0 Å². The van der Waals surface area contributed by atoms with Crippen molar-refractivity contribution in [3.8, 4) is 0 Å². The molecule has 1 saturated heterocycles. The SMILES string of the molecule is Cc1ccc(CC(C)N2CCCC(NC(C)C)C2)s1. The molecule has 1 N–H and O–H groups in total. The van der Waals surface area contributed by atoms with Gasteiger partial charge >= 0.3 is 0 Å². The van der Waals surface area contributed by atoms with E-state index in [4.69, 9.17) is 0 Å². The fraction of sp³-hybridized carbons (Fsp3) is 0.750. The van der Waals surface area contributed by atoms with E-state index in [9.17, 15) is 0 Å². The van der Waals surface area contributed by atoms with Gasteiger partial charge in [0.15, 0.2) is 0 Å². The van der Waals surface area contributed by atoms with Gasteiger partial charge in [0.2, 0.25) is 0 Å². The van der Waals surface area contributed by atoms with E-state index < -0.39 is 0 Å². The first kappa shape index (κ1) is 15.0. The number of aryl methyl sites for hydroxylation is 1. The predicted octanol–water partition coefficient (Wildman–Crippen LogP) is 3.45. The summed E-state index contributed by atoms with van der Waals surface area (Å²) in [6.07, 6.45) is 3.87. The second kappa shape index (κ2) is 6.87. The Labute approximate surface area is 122 Å². The van der Waals surface area contributed by atoms with E-state index in [1.165, 1.54) is 42.1 Å². The number of nitrogens with zero attached hydrogens (tertiary/aromatic N) is 1. The van der Waals surface area contributed by atoms with Crippen molar-refractivity contribution in [3.05, 3.63) is 21.9 Å². The van der Waals surface area contributed by atoms with Crippen LogP contribution in [0.25, 0.3) is 0 Å². The molecule has 1 aromatic rings. The summed E-state index contributed by atoms with van der Waals surface area (Å²) in [4.78, 5) is 5.63. The zero-order valence-corrected chi connectivity index (χ0v) is 13.6. The topological polar surface area (TPSA) is 15.3 Å². The van der Waals surface area contributed by atoms with E-state index in [0.717, 1.165) is 0 Å². The average Bonchev–Trinajstić information content (AvgIpc) is 2.74. The van der Waals surface area contributed by atoms with E-state index in [1.807, 2.05) is 11.3 Å². The zero-order chi connectivity index (χ0) is 13.8. The molecule has 2 unspecified atom stereocenters. The lowest BCUT2D eigenvalue weighted by atomic mass is 10.0. The van der Waals surface area contributed by atoms with Gasteiger partial charge in [-0.1, -0.05) is 13.8 Å². The first-order chi connectivity index (χ1) is 9.04. The van der Waals surface area contributed by atoms with Gasteiger partial charge in [-0.05, 0) is 51.8 Å². The Bertz CT molecular complexity index is 386. The Morgan fingerprint density at radius 2 is 2.16 bits per heavy atom. The summed E-state index contributed by atoms with van der Waals surface area (Å²) in [5.74, 6) is 0. The van der Waals surface area contributed by atoms with Crippen molar-refractivity contribution in [2.45, 2.75) is 65.1 Å². The van der Waals surface area contributed by atoms with Crippen LogP contribution in [0.2, 0.25) is 0 Å². The summed E-state index contributed by atoms with van der Waals surface area (Å²) in [7, 11) is 0. The molecule has 0 spiro atoms. The summed E-state index contributed by atoms with van der Waals surface area (Å²) < 4.78 is 0. The van der Waals surface area contributed by atoms with Crippen LogP contribution >= 0.6 is 11.3 Å². The molecule has 0 saturated carbocycles. The molecular formula is C16H28N2S. The van der Waals surface area contributed by atoms with Crippen LogP contribution in [0.1, 0.15) is 43.4 Å². The molecule has 2 rings (SSSR count). The van der Waals surface area contributed by atoms with Crippen molar-refractivity contribution in [1.82, 2.24) is 10.2 Å². The van der Waals surface area contributed by atoms with Crippen LogP contribution in [0.3, 0.4) is 0 Å². The molecule has 0 bridgehead atoms. The molecule has 19 heavy (non-hydrogen) atoms. The number of thiophene rings is 1. The van der Waals surface area contributed by atoms with Crippen LogP contribution in [-0.2, 0) is 6.42 Å². The third-order valence-electron chi connectivity index (χ3n) is 3.94. The molecular weight excluding hydrogens is 252 g/mol. The zero-order valence-electron chi connectivity index (χ0n) is 12.8. The normalized spacial score (nSPS) is 22.9. The molecule has 108 valence electrons. The lowest BCUT2D eigenvalue weighted by Gasteiger charge is -2.37. The standard InChI is InChI=1S/C16H28N2S/c1-12(2)17-15-6-5-9-18(11-15)13(3)10-16-8-7-14(4)19-16/h7-8,12-13,15,17H,5-6,9-11H2,1-4H3. The first-order valence-corrected chi connectivity index (χ1v) is 8.41. The lowest BCUT2D eigenvalue weighted by molar-refractivity contribution is 0.142. The summed E-state index contributed by atoms with van der Waals surface area (Å²) in [6, 6.07) is 6.48. The number of likely N-dealkylation sites (tertiary alicyclic amines) is 1. The van der Waals surface area contributed by atoms with Crippen LogP contribution in [0.5, 0.6) is 0 Å². The maximum absolute atomic E-state index is 3.70. The minimum Gasteiger partial charge on any atom is -0.311 e. The van der Waals surface area contributed by atoms with Crippen molar-refractivity contribution in [3.63, 3.8) is 0 Å². The van der Waals surface area contributed by atoms with Crippen molar-refractivity contribution in [2.75, 3.05) is 13.1 Å². The van der Waals surface area contributed by atoms with E-state index in [2.05, 4.69) is 50.0 Å². The smallest absolute Gasteiger partial charge is 0.0197 e. The maximum Gasteiger partial charge on any atom is 0.0197 e. The van der Waals surface area contributed by atoms with Gasteiger partial charge in [0, 0.05) is 34.4 Å². The van der Waals surface area contributed by atoms with Crippen LogP contribution in [0.15, 0.2) is 12.1 Å². The minimum absolute atomic E-state index is 0.597. The summed E-state index contributed by atoms with van der Waals surface area (Å²) in [5.41, 5.74) is 0. The van der Waals surface area contributed by atoms with Crippen LogP contribution in [0.4, 0.5) is 0 Å². The molecule has 2 heterocycles. The quantitative estimate of drug-likeness (QED) is 0.888. The third kappa shape index (κ3) is 4.59. The Balaban J connectivity index is 1.86. The lowest BCUT2D eigenvalue weighted by Crippen LogP contribution is -2.50. The number of hydrogen-bond donors (Lipinski definition) is 1. The Morgan fingerprint density at radius 3 is 2.79 bits per heavy atom. The van der Waals surface area contributed by atoms with Crippen LogP contribution in [0, 0.1) is 6.92 Å². The van der Waals surface area contributed by atoms with E-state index in [1.54, 1.807) is 0 Å². The largest absolute Gasteiger partial charge is 0.311 e. The van der Waals surface area contributed by atoms with Gasteiger partial charge in [0.05, 0.1) is 0 Å². The van der Waals surface area contributed by atoms with Gasteiger partial charge in [0.1, 0.15) is 0 Å². The van der Waals surface area contributed by atoms with E-state index >= 15 is 0 Å². The van der Waals surface area contributed by atoms with Crippen molar-refractivity contribution in [1.29, 1.82) is 0 Å². The monoisotopic (exact) mass is 280 g/mol. The number of rotatable bonds is 5. The van der Waals surface area contributed by atoms with Gasteiger partial charge in [0.25, 0.3) is 0 Å². The second-order valence-electron chi connectivity index (χ2n) is 6.22. The Kier molecular flexibility index (Phi) is 5.43. The van der Waals surface area contributed by atoms with Crippen molar-refractivity contribution in [2.24, 2.45) is 0 Å². The maximum atomic E-state index is 3.70. The Morgan fingerprint density at radius 1 is 1.37 bits per heavy atom. The molecule has 1 fully saturated rings. The molecule has 0 aromatic carbocycles. The molecule has 1 aliphatic heterocycles. The second-order valence-corrected chi connectivity index (χ2v) is 7.59. The highest BCUT2D eigenvalue weighted by Gasteiger charge is 2.23. The highest BCUT2D eigenvalue weighted by atomic mass is 32.1. The molecule has 0 amide bonds. The first-order valence-electron chi connectivity index (χ1n) is 7.60. The number of nitrogens with one attached hydrogen (secondary N) is 1. The number of piperidine rings is 1. The molecule has 1 aliphatic rings. The molecule has 2 nitrogen and oxygen atoms in total. The van der Waals surface area contributed by atoms with Gasteiger partial charge in [-0.15, -0.1) is 11.3 Å². The van der Waals surface area contributed by atoms with E-state index in [0.29, 0.717) is 18.1 Å². The van der Waals surface area contributed by atoms with Crippen molar-refractivity contribution < 1.29 is 0 Å². The molecule has 1 aromatic heterocycles. The highest BCUT2D eigenvalue weighted by Crippen LogP contribution is 2.21. The summed E-state index contributed by atoms with van der Waals surface area (Å²) in [5, 5.41) is 3.70. The predicted molar refractivity (Wildman–Crippen MR) is 85.1 cm³/mol. The fourth-order valence-electron chi connectivity index (χ4n) is 3.03. The molecule has 0 radical (unpaired) electrons. The minimum atomic E-state index is 0.597. The van der Waals surface area contributed by atoms with Gasteiger partial charge in [-0.3, -0.25) is 4.90 Å². The van der Waals surface area contributed by atoms with Gasteiger partial charge in [-0.2, -0.15) is 0 Å². The molecule has 3 heteroatoms. The van der Waals surface area contributed by atoms with Gasteiger partial charge < -0.3 is 5.32 Å². The number of hydrogen-bond acceptors (Lipinski definition) is 3. The van der Waals surface area contributed by atoms with Crippen LogP contribution in [-0.4, -0.2) is 36.1 Å². The summed E-state index contributed by atoms with van der Waals surface area (Å²) >= 11 is 1.95. The molecule has 0 aliphatic carbocycles. The van der Waals surface area contributed by atoms with Crippen LogP contribution < -0.4 is 5.32 Å². The van der Waals surface area contributed by atoms with E-state index in [-0.39, 0.29) is 0 Å². The molecule has 2 atom stereocenters.